The number of amides is 1. The topological polar surface area (TPSA) is 66.0 Å². The van der Waals surface area contributed by atoms with Crippen molar-refractivity contribution in [3.05, 3.63) is 29.8 Å². The van der Waals surface area contributed by atoms with Crippen molar-refractivity contribution in [2.45, 2.75) is 32.2 Å². The number of nitrogens with zero attached hydrogens (tertiary/aromatic N) is 2. The predicted molar refractivity (Wildman–Crippen MR) is 101 cm³/mol. The van der Waals surface area contributed by atoms with Gasteiger partial charge in [-0.25, -0.2) is 0 Å². The fraction of sp³-hybridized carbons (Fsp3) is 0.579. The van der Waals surface area contributed by atoms with Crippen LogP contribution in [-0.2, 0) is 11.3 Å². The van der Waals surface area contributed by atoms with E-state index in [0.29, 0.717) is 19.0 Å². The van der Waals surface area contributed by atoms with Crippen molar-refractivity contribution < 1.29 is 9.53 Å². The first-order chi connectivity index (χ1) is 12.0. The van der Waals surface area contributed by atoms with Crippen molar-refractivity contribution in [1.82, 2.24) is 15.5 Å². The average molecular weight is 346 g/mol. The maximum Gasteiger partial charge on any atom is 0.230 e. The molecule has 1 aliphatic carbocycles. The van der Waals surface area contributed by atoms with Crippen LogP contribution in [0.1, 0.15) is 31.2 Å². The number of methoxy groups -OCH3 is 1. The average Bonchev–Trinajstić information content (AvgIpc) is 3.11. The Labute approximate surface area is 150 Å². The van der Waals surface area contributed by atoms with E-state index in [1.54, 1.807) is 19.1 Å². The number of hydrogen-bond donors (Lipinski definition) is 2. The summed E-state index contributed by atoms with van der Waals surface area (Å²) in [4.78, 5) is 18.6. The molecular weight excluding hydrogens is 316 g/mol. The van der Waals surface area contributed by atoms with Gasteiger partial charge in [-0.3, -0.25) is 9.79 Å². The molecule has 1 aromatic carbocycles. The summed E-state index contributed by atoms with van der Waals surface area (Å²) in [5.74, 6) is 1.77. The molecular formula is C19H30N4O2. The third kappa shape index (κ3) is 4.87. The number of carbonyl (C=O) groups is 1. The molecule has 1 aromatic rings. The number of carbonyl (C=O) groups excluding carboxylic acids is 1. The Morgan fingerprint density at radius 2 is 1.84 bits per heavy atom. The van der Waals surface area contributed by atoms with Gasteiger partial charge in [-0.15, -0.1) is 0 Å². The molecule has 6 nitrogen and oxygen atoms in total. The zero-order chi connectivity index (χ0) is 18.3. The highest BCUT2D eigenvalue weighted by molar-refractivity contribution is 5.85. The monoisotopic (exact) mass is 346 g/mol. The van der Waals surface area contributed by atoms with Crippen LogP contribution in [0.4, 0.5) is 0 Å². The second kappa shape index (κ2) is 8.74. The minimum Gasteiger partial charge on any atom is -0.497 e. The molecule has 1 aliphatic rings. The number of rotatable bonds is 6. The van der Waals surface area contributed by atoms with Gasteiger partial charge in [0.2, 0.25) is 5.91 Å². The molecule has 2 N–H and O–H groups in total. The number of ether oxygens (including phenoxy) is 1. The van der Waals surface area contributed by atoms with Crippen molar-refractivity contribution in [1.29, 1.82) is 0 Å². The van der Waals surface area contributed by atoms with Gasteiger partial charge in [0.15, 0.2) is 5.96 Å². The van der Waals surface area contributed by atoms with E-state index in [2.05, 4.69) is 15.6 Å². The molecule has 1 saturated carbocycles. The molecule has 138 valence electrons. The number of hydrogen-bond acceptors (Lipinski definition) is 3. The zero-order valence-corrected chi connectivity index (χ0v) is 15.8. The molecule has 1 amide bonds. The highest BCUT2D eigenvalue weighted by Crippen LogP contribution is 2.38. The molecule has 25 heavy (non-hydrogen) atoms. The Balaban J connectivity index is 1.91. The molecule has 0 radical (unpaired) electrons. The first-order valence-electron chi connectivity index (χ1n) is 8.80. The number of aliphatic imine (C=N–C) groups is 1. The summed E-state index contributed by atoms with van der Waals surface area (Å²) in [7, 11) is 7.07. The van der Waals surface area contributed by atoms with E-state index in [0.717, 1.165) is 37.0 Å². The first-order valence-corrected chi connectivity index (χ1v) is 8.80. The Hall–Kier alpha value is -2.24. The lowest BCUT2D eigenvalue weighted by Crippen LogP contribution is -2.49. The van der Waals surface area contributed by atoms with E-state index in [9.17, 15) is 4.79 Å². The van der Waals surface area contributed by atoms with E-state index in [1.165, 1.54) is 0 Å². The molecule has 0 aliphatic heterocycles. The molecule has 0 bridgehead atoms. The van der Waals surface area contributed by atoms with E-state index in [-0.39, 0.29) is 11.3 Å². The molecule has 0 atom stereocenters. The molecule has 6 heteroatoms. The lowest BCUT2D eigenvalue weighted by atomic mass is 9.84. The smallest absolute Gasteiger partial charge is 0.230 e. The van der Waals surface area contributed by atoms with Crippen LogP contribution < -0.4 is 15.4 Å². The van der Waals surface area contributed by atoms with Gasteiger partial charge in [0.1, 0.15) is 5.75 Å². The summed E-state index contributed by atoms with van der Waals surface area (Å²) in [6.45, 7) is 1.28. The maximum atomic E-state index is 12.6. The second-order valence-corrected chi connectivity index (χ2v) is 6.81. The van der Waals surface area contributed by atoms with Crippen LogP contribution in [0.15, 0.2) is 29.3 Å². The summed E-state index contributed by atoms with van der Waals surface area (Å²) in [5.41, 5.74) is 0.838. The quantitative estimate of drug-likeness (QED) is 0.611. The summed E-state index contributed by atoms with van der Waals surface area (Å²) >= 11 is 0. The minimum atomic E-state index is -0.304. The van der Waals surface area contributed by atoms with Gasteiger partial charge >= 0.3 is 0 Å². The predicted octanol–water partition coefficient (Wildman–Crippen LogP) is 2.01. The van der Waals surface area contributed by atoms with Gasteiger partial charge in [0.05, 0.1) is 12.5 Å². The van der Waals surface area contributed by atoms with E-state index in [1.807, 2.05) is 38.4 Å². The third-order valence-electron chi connectivity index (χ3n) is 4.86. The third-order valence-corrected chi connectivity index (χ3v) is 4.86. The Bertz CT molecular complexity index is 590. The van der Waals surface area contributed by atoms with Crippen LogP contribution >= 0.6 is 0 Å². The number of benzene rings is 1. The van der Waals surface area contributed by atoms with Crippen molar-refractivity contribution in [2.75, 3.05) is 34.8 Å². The summed E-state index contributed by atoms with van der Waals surface area (Å²) in [6, 6.07) is 7.92. The van der Waals surface area contributed by atoms with Gasteiger partial charge in [0, 0.05) is 34.2 Å². The van der Waals surface area contributed by atoms with Crippen LogP contribution in [-0.4, -0.2) is 51.6 Å². The van der Waals surface area contributed by atoms with E-state index < -0.39 is 0 Å². The summed E-state index contributed by atoms with van der Waals surface area (Å²) in [5, 5.41) is 6.65. The van der Waals surface area contributed by atoms with Crippen LogP contribution in [0.2, 0.25) is 0 Å². The standard InChI is InChI=1S/C19H30N4O2/c1-20-18(21-13-15-7-9-16(25-4)10-8-15)22-14-19(11-5-6-12-19)17(24)23(2)3/h7-10H,5-6,11-14H2,1-4H3,(H2,20,21,22). The molecule has 0 saturated heterocycles. The van der Waals surface area contributed by atoms with Gasteiger partial charge in [0.25, 0.3) is 0 Å². The van der Waals surface area contributed by atoms with Gasteiger partial charge in [-0.1, -0.05) is 25.0 Å². The Morgan fingerprint density at radius 3 is 2.36 bits per heavy atom. The van der Waals surface area contributed by atoms with Crippen LogP contribution in [0, 0.1) is 5.41 Å². The molecule has 2 rings (SSSR count). The van der Waals surface area contributed by atoms with Gasteiger partial charge < -0.3 is 20.3 Å². The molecule has 0 unspecified atom stereocenters. The molecule has 0 aromatic heterocycles. The Morgan fingerprint density at radius 1 is 1.20 bits per heavy atom. The molecule has 0 heterocycles. The van der Waals surface area contributed by atoms with Crippen LogP contribution in [0.25, 0.3) is 0 Å². The fourth-order valence-electron chi connectivity index (χ4n) is 3.40. The van der Waals surface area contributed by atoms with Crippen molar-refractivity contribution in [3.8, 4) is 5.75 Å². The fourth-order valence-corrected chi connectivity index (χ4v) is 3.40. The zero-order valence-electron chi connectivity index (χ0n) is 15.8. The lowest BCUT2D eigenvalue weighted by molar-refractivity contribution is -0.138. The van der Waals surface area contributed by atoms with E-state index >= 15 is 0 Å². The maximum absolute atomic E-state index is 12.6. The molecule has 1 fully saturated rings. The Kier molecular flexibility index (Phi) is 6.67. The SMILES string of the molecule is CN=C(NCc1ccc(OC)cc1)NCC1(C(=O)N(C)C)CCCC1. The van der Waals surface area contributed by atoms with Crippen LogP contribution in [0.5, 0.6) is 5.75 Å². The minimum absolute atomic E-state index is 0.211. The molecule has 0 spiro atoms. The van der Waals surface area contributed by atoms with Gasteiger partial charge in [-0.05, 0) is 30.5 Å². The highest BCUT2D eigenvalue weighted by atomic mass is 16.5. The largest absolute Gasteiger partial charge is 0.497 e. The number of nitrogens with one attached hydrogen (secondary N) is 2. The van der Waals surface area contributed by atoms with Crippen molar-refractivity contribution in [3.63, 3.8) is 0 Å². The normalized spacial score (nSPS) is 16.4. The highest BCUT2D eigenvalue weighted by Gasteiger charge is 2.42. The van der Waals surface area contributed by atoms with Crippen LogP contribution in [0.3, 0.4) is 0 Å². The van der Waals surface area contributed by atoms with Gasteiger partial charge in [-0.2, -0.15) is 0 Å². The summed E-state index contributed by atoms with van der Waals surface area (Å²) < 4.78 is 5.17. The first kappa shape index (κ1) is 19.1. The second-order valence-electron chi connectivity index (χ2n) is 6.81. The number of guanidine groups is 1. The van der Waals surface area contributed by atoms with E-state index in [4.69, 9.17) is 4.74 Å². The lowest BCUT2D eigenvalue weighted by Gasteiger charge is -2.31. The van der Waals surface area contributed by atoms with Crippen molar-refractivity contribution >= 4 is 11.9 Å². The van der Waals surface area contributed by atoms with Crippen molar-refractivity contribution in [2.24, 2.45) is 10.4 Å². The summed E-state index contributed by atoms with van der Waals surface area (Å²) in [6.07, 6.45) is 4.09.